The first kappa shape index (κ1) is 8.26. The van der Waals surface area contributed by atoms with Gasteiger partial charge in [-0.25, -0.2) is 0 Å². The monoisotopic (exact) mass is 175 g/mol. The summed E-state index contributed by atoms with van der Waals surface area (Å²) in [6.07, 6.45) is 2.82. The fourth-order valence-electron chi connectivity index (χ4n) is 1.54. The molecule has 2 aromatic rings. The molecule has 1 aromatic carbocycles. The number of benzene rings is 1. The van der Waals surface area contributed by atoms with Crippen molar-refractivity contribution in [3.05, 3.63) is 30.0 Å². The first-order valence-corrected chi connectivity index (χ1v) is 4.42. The van der Waals surface area contributed by atoms with Gasteiger partial charge in [-0.05, 0) is 30.7 Å². The molecule has 0 unspecified atom stereocenters. The van der Waals surface area contributed by atoms with E-state index in [-0.39, 0.29) is 0 Å². The molecule has 0 amide bonds. The van der Waals surface area contributed by atoms with Crippen LogP contribution in [0.3, 0.4) is 0 Å². The molecule has 0 aliphatic heterocycles. The zero-order chi connectivity index (χ0) is 9.26. The van der Waals surface area contributed by atoms with Gasteiger partial charge in [0, 0.05) is 12.4 Å². The summed E-state index contributed by atoms with van der Waals surface area (Å²) in [7, 11) is 1.95. The number of fused-ring (bicyclic) bond motifs is 1. The third kappa shape index (κ3) is 1.42. The van der Waals surface area contributed by atoms with Crippen molar-refractivity contribution < 1.29 is 0 Å². The number of rotatable bonds is 2. The van der Waals surface area contributed by atoms with Gasteiger partial charge in [-0.3, -0.25) is 4.68 Å². The van der Waals surface area contributed by atoms with Crippen LogP contribution in [0, 0.1) is 0 Å². The molecule has 1 heterocycles. The van der Waals surface area contributed by atoms with Gasteiger partial charge in [-0.1, -0.05) is 6.07 Å². The van der Waals surface area contributed by atoms with Crippen LogP contribution in [0.1, 0.15) is 5.56 Å². The maximum Gasteiger partial charge on any atom is 0.0679 e. The van der Waals surface area contributed by atoms with Crippen molar-refractivity contribution in [1.29, 1.82) is 0 Å². The summed E-state index contributed by atoms with van der Waals surface area (Å²) in [4.78, 5) is 0. The molecule has 2 rings (SSSR count). The van der Waals surface area contributed by atoms with Crippen molar-refractivity contribution in [3.8, 4) is 0 Å². The molecule has 0 aliphatic rings. The minimum absolute atomic E-state index is 0.700. The highest BCUT2D eigenvalue weighted by molar-refractivity contribution is 5.79. The lowest BCUT2D eigenvalue weighted by Gasteiger charge is -1.98. The number of nitrogens with two attached hydrogens (primary N) is 1. The molecule has 1 aromatic heterocycles. The van der Waals surface area contributed by atoms with Crippen molar-refractivity contribution in [2.45, 2.75) is 6.42 Å². The molecule has 0 fully saturated rings. The number of nitrogens with zero attached hydrogens (tertiary/aromatic N) is 2. The van der Waals surface area contributed by atoms with Gasteiger partial charge in [0.2, 0.25) is 0 Å². The molecule has 3 heteroatoms. The fourth-order valence-corrected chi connectivity index (χ4v) is 1.54. The number of hydrogen-bond donors (Lipinski definition) is 1. The quantitative estimate of drug-likeness (QED) is 0.742. The van der Waals surface area contributed by atoms with Gasteiger partial charge in [0.25, 0.3) is 0 Å². The third-order valence-electron chi connectivity index (χ3n) is 2.24. The zero-order valence-corrected chi connectivity index (χ0v) is 7.70. The second kappa shape index (κ2) is 3.18. The van der Waals surface area contributed by atoms with E-state index in [2.05, 4.69) is 23.3 Å². The van der Waals surface area contributed by atoms with Gasteiger partial charge in [-0.2, -0.15) is 5.10 Å². The molecular formula is C10H13N3. The Balaban J connectivity index is 2.50. The molecule has 13 heavy (non-hydrogen) atoms. The average molecular weight is 175 g/mol. The summed E-state index contributed by atoms with van der Waals surface area (Å²) in [6, 6.07) is 6.35. The van der Waals surface area contributed by atoms with E-state index < -0.39 is 0 Å². The van der Waals surface area contributed by atoms with E-state index in [1.807, 2.05) is 17.9 Å². The normalized spacial score (nSPS) is 10.9. The smallest absolute Gasteiger partial charge is 0.0679 e. The van der Waals surface area contributed by atoms with E-state index in [1.165, 1.54) is 16.5 Å². The Hall–Kier alpha value is -1.35. The van der Waals surface area contributed by atoms with Crippen molar-refractivity contribution in [2.75, 3.05) is 6.54 Å². The van der Waals surface area contributed by atoms with Crippen LogP contribution >= 0.6 is 0 Å². The predicted octanol–water partition coefficient (Wildman–Crippen LogP) is 1.07. The molecule has 0 spiro atoms. The molecular weight excluding hydrogens is 162 g/mol. The summed E-state index contributed by atoms with van der Waals surface area (Å²) in [5, 5.41) is 5.37. The highest BCUT2D eigenvalue weighted by Crippen LogP contribution is 2.14. The molecule has 0 atom stereocenters. The second-order valence-corrected chi connectivity index (χ2v) is 3.20. The van der Waals surface area contributed by atoms with Crippen LogP contribution < -0.4 is 5.73 Å². The Morgan fingerprint density at radius 3 is 3.08 bits per heavy atom. The SMILES string of the molecule is Cn1ncc2cc(CCN)ccc21. The largest absolute Gasteiger partial charge is 0.330 e. The topological polar surface area (TPSA) is 43.8 Å². The van der Waals surface area contributed by atoms with E-state index >= 15 is 0 Å². The van der Waals surface area contributed by atoms with Gasteiger partial charge in [0.1, 0.15) is 0 Å². The predicted molar refractivity (Wildman–Crippen MR) is 53.5 cm³/mol. The van der Waals surface area contributed by atoms with E-state index in [0.29, 0.717) is 6.54 Å². The maximum atomic E-state index is 5.49. The molecule has 0 aliphatic carbocycles. The molecule has 0 bridgehead atoms. The summed E-state index contributed by atoms with van der Waals surface area (Å²) >= 11 is 0. The van der Waals surface area contributed by atoms with Crippen LogP contribution in [0.25, 0.3) is 10.9 Å². The van der Waals surface area contributed by atoms with E-state index in [0.717, 1.165) is 6.42 Å². The molecule has 2 N–H and O–H groups in total. The summed E-state index contributed by atoms with van der Waals surface area (Å²) < 4.78 is 1.88. The maximum absolute atomic E-state index is 5.49. The number of aryl methyl sites for hydroxylation is 1. The third-order valence-corrected chi connectivity index (χ3v) is 2.24. The zero-order valence-electron chi connectivity index (χ0n) is 7.70. The molecule has 3 nitrogen and oxygen atoms in total. The second-order valence-electron chi connectivity index (χ2n) is 3.20. The molecule has 0 saturated carbocycles. The Labute approximate surface area is 77.2 Å². The van der Waals surface area contributed by atoms with Crippen LogP contribution in [-0.2, 0) is 13.5 Å². The summed E-state index contributed by atoms with van der Waals surface area (Å²) in [5.41, 5.74) is 7.94. The van der Waals surface area contributed by atoms with Gasteiger partial charge in [0.15, 0.2) is 0 Å². The van der Waals surface area contributed by atoms with Gasteiger partial charge in [0.05, 0.1) is 11.7 Å². The molecule has 0 radical (unpaired) electrons. The van der Waals surface area contributed by atoms with E-state index in [4.69, 9.17) is 5.73 Å². The van der Waals surface area contributed by atoms with Crippen LogP contribution in [0.5, 0.6) is 0 Å². The Kier molecular flexibility index (Phi) is 2.02. The van der Waals surface area contributed by atoms with Crippen LogP contribution in [0.15, 0.2) is 24.4 Å². The van der Waals surface area contributed by atoms with Crippen molar-refractivity contribution in [2.24, 2.45) is 12.8 Å². The highest BCUT2D eigenvalue weighted by Gasteiger charge is 1.99. The van der Waals surface area contributed by atoms with Gasteiger partial charge in [-0.15, -0.1) is 0 Å². The number of aromatic nitrogens is 2. The molecule has 68 valence electrons. The Bertz CT molecular complexity index is 417. The molecule has 0 saturated heterocycles. The fraction of sp³-hybridized carbons (Fsp3) is 0.300. The van der Waals surface area contributed by atoms with Crippen LogP contribution in [-0.4, -0.2) is 16.3 Å². The van der Waals surface area contributed by atoms with Crippen LogP contribution in [0.4, 0.5) is 0 Å². The van der Waals surface area contributed by atoms with Crippen LogP contribution in [0.2, 0.25) is 0 Å². The van der Waals surface area contributed by atoms with E-state index in [1.54, 1.807) is 0 Å². The standard InChI is InChI=1S/C10H13N3/c1-13-10-3-2-8(4-5-11)6-9(10)7-12-13/h2-3,6-7H,4-5,11H2,1H3. The lowest BCUT2D eigenvalue weighted by Crippen LogP contribution is -2.02. The van der Waals surface area contributed by atoms with Crippen molar-refractivity contribution in [1.82, 2.24) is 9.78 Å². The lowest BCUT2D eigenvalue weighted by atomic mass is 10.1. The average Bonchev–Trinajstić information content (AvgIpc) is 2.48. The first-order valence-electron chi connectivity index (χ1n) is 4.42. The first-order chi connectivity index (χ1) is 6.31. The van der Waals surface area contributed by atoms with Crippen molar-refractivity contribution in [3.63, 3.8) is 0 Å². The summed E-state index contributed by atoms with van der Waals surface area (Å²) in [6.45, 7) is 0.700. The van der Waals surface area contributed by atoms with E-state index in [9.17, 15) is 0 Å². The van der Waals surface area contributed by atoms with Gasteiger partial charge < -0.3 is 5.73 Å². The Morgan fingerprint density at radius 1 is 1.46 bits per heavy atom. The summed E-state index contributed by atoms with van der Waals surface area (Å²) in [5.74, 6) is 0. The number of hydrogen-bond acceptors (Lipinski definition) is 2. The minimum atomic E-state index is 0.700. The lowest BCUT2D eigenvalue weighted by molar-refractivity contribution is 0.797. The van der Waals surface area contributed by atoms with Crippen molar-refractivity contribution >= 4 is 10.9 Å². The highest BCUT2D eigenvalue weighted by atomic mass is 15.2. The Morgan fingerprint density at radius 2 is 2.31 bits per heavy atom. The van der Waals surface area contributed by atoms with Gasteiger partial charge >= 0.3 is 0 Å². The minimum Gasteiger partial charge on any atom is -0.330 e.